The van der Waals surface area contributed by atoms with Gasteiger partial charge < -0.3 is 24.3 Å². The third kappa shape index (κ3) is 7.13. The van der Waals surface area contributed by atoms with Crippen molar-refractivity contribution in [2.45, 2.75) is 12.6 Å². The van der Waals surface area contributed by atoms with Crippen LogP contribution in [0.2, 0.25) is 10.3 Å². The van der Waals surface area contributed by atoms with E-state index < -0.39 is 17.9 Å². The Balaban J connectivity index is 1.40. The zero-order chi connectivity index (χ0) is 29.5. The summed E-state index contributed by atoms with van der Waals surface area (Å²) in [4.78, 5) is 33.8. The molecule has 9 nitrogen and oxygen atoms in total. The highest BCUT2D eigenvalue weighted by Crippen LogP contribution is 2.35. The number of nitrogens with zero attached hydrogens (tertiary/aromatic N) is 2. The topological polar surface area (TPSA) is 124 Å². The van der Waals surface area contributed by atoms with Gasteiger partial charge in [0.2, 0.25) is 5.89 Å². The van der Waals surface area contributed by atoms with Crippen LogP contribution in [0.5, 0.6) is 11.5 Å². The number of carboxylic acids is 1. The number of carboxylic acid groups (broad SMARTS) is 1. The van der Waals surface area contributed by atoms with E-state index in [1.807, 2.05) is 60.7 Å². The molecule has 0 aliphatic carbocycles. The van der Waals surface area contributed by atoms with Gasteiger partial charge in [-0.2, -0.15) is 0 Å². The van der Waals surface area contributed by atoms with Gasteiger partial charge >= 0.3 is 5.97 Å². The summed E-state index contributed by atoms with van der Waals surface area (Å²) in [7, 11) is 0. The second kappa shape index (κ2) is 13.3. The molecule has 2 aromatic heterocycles. The van der Waals surface area contributed by atoms with Crippen molar-refractivity contribution in [3.8, 4) is 34.3 Å². The molecule has 0 unspecified atom stereocenters. The summed E-state index contributed by atoms with van der Waals surface area (Å²) in [6.07, 6.45) is 0. The maximum Gasteiger partial charge on any atom is 0.328 e. The molecule has 1 amide bonds. The fraction of sp³-hybridized carbons (Fsp3) is 0.0968. The zero-order valence-corrected chi connectivity index (χ0v) is 23.4. The van der Waals surface area contributed by atoms with Crippen molar-refractivity contribution in [2.24, 2.45) is 0 Å². The molecular formula is C31H23Cl2N3O6. The number of benzene rings is 3. The first kappa shape index (κ1) is 28.8. The maximum absolute atomic E-state index is 13.4. The highest BCUT2D eigenvalue weighted by atomic mass is 35.5. The van der Waals surface area contributed by atoms with E-state index in [1.165, 1.54) is 12.1 Å². The van der Waals surface area contributed by atoms with E-state index >= 15 is 0 Å². The number of para-hydroxylation sites is 1. The second-order valence-corrected chi connectivity index (χ2v) is 9.72. The van der Waals surface area contributed by atoms with Crippen LogP contribution in [-0.2, 0) is 16.1 Å². The van der Waals surface area contributed by atoms with E-state index in [0.717, 1.165) is 5.56 Å². The number of rotatable bonds is 11. The van der Waals surface area contributed by atoms with Gasteiger partial charge in [-0.3, -0.25) is 4.79 Å². The largest absolute Gasteiger partial charge is 0.480 e. The van der Waals surface area contributed by atoms with Gasteiger partial charge in [-0.1, -0.05) is 71.7 Å². The monoisotopic (exact) mass is 603 g/mol. The van der Waals surface area contributed by atoms with Crippen molar-refractivity contribution in [1.82, 2.24) is 15.3 Å². The van der Waals surface area contributed by atoms with Crippen molar-refractivity contribution < 1.29 is 28.6 Å². The van der Waals surface area contributed by atoms with Crippen LogP contribution in [-0.4, -0.2) is 39.6 Å². The smallest absolute Gasteiger partial charge is 0.328 e. The molecule has 2 heterocycles. The van der Waals surface area contributed by atoms with Crippen LogP contribution >= 0.6 is 23.2 Å². The van der Waals surface area contributed by atoms with Gasteiger partial charge in [-0.15, -0.1) is 0 Å². The Hall–Kier alpha value is -4.70. The summed E-state index contributed by atoms with van der Waals surface area (Å²) in [5.41, 5.74) is 1.47. The number of aliphatic carboxylic acids is 1. The molecule has 42 heavy (non-hydrogen) atoms. The quantitative estimate of drug-likeness (QED) is 0.156. The van der Waals surface area contributed by atoms with Crippen LogP contribution in [0, 0.1) is 0 Å². The summed E-state index contributed by atoms with van der Waals surface area (Å²) < 4.78 is 17.4. The lowest BCUT2D eigenvalue weighted by Gasteiger charge is -2.14. The average Bonchev–Trinajstić information content (AvgIpc) is 3.43. The lowest BCUT2D eigenvalue weighted by atomic mass is 10.1. The highest BCUT2D eigenvalue weighted by Gasteiger charge is 2.28. The number of hydrogen-bond acceptors (Lipinski definition) is 7. The number of carbonyl (C=O) groups excluding carboxylic acids is 1. The first-order chi connectivity index (χ1) is 20.4. The Kier molecular flexibility index (Phi) is 9.13. The van der Waals surface area contributed by atoms with Gasteiger partial charge in [0.25, 0.3) is 5.91 Å². The van der Waals surface area contributed by atoms with Crippen LogP contribution in [0.15, 0.2) is 101 Å². The molecule has 0 aliphatic rings. The van der Waals surface area contributed by atoms with Gasteiger partial charge in [-0.05, 0) is 54.1 Å². The molecule has 0 fully saturated rings. The van der Waals surface area contributed by atoms with E-state index in [2.05, 4.69) is 15.3 Å². The number of aromatic nitrogens is 2. The number of nitrogens with one attached hydrogen (secondary N) is 1. The van der Waals surface area contributed by atoms with Gasteiger partial charge in [0.1, 0.15) is 21.8 Å². The number of hydrogen-bond donors (Lipinski definition) is 2. The van der Waals surface area contributed by atoms with Crippen molar-refractivity contribution in [1.29, 1.82) is 0 Å². The van der Waals surface area contributed by atoms with E-state index in [1.54, 1.807) is 24.3 Å². The van der Waals surface area contributed by atoms with E-state index in [-0.39, 0.29) is 46.4 Å². The van der Waals surface area contributed by atoms with Gasteiger partial charge in [-0.25, -0.2) is 14.8 Å². The summed E-state index contributed by atoms with van der Waals surface area (Å²) in [5, 5.41) is 12.3. The van der Waals surface area contributed by atoms with Crippen LogP contribution in [0.4, 0.5) is 0 Å². The van der Waals surface area contributed by atoms with E-state index in [9.17, 15) is 14.7 Å². The van der Waals surface area contributed by atoms with E-state index in [0.29, 0.717) is 17.1 Å². The van der Waals surface area contributed by atoms with E-state index in [4.69, 9.17) is 37.1 Å². The number of oxazole rings is 1. The molecule has 5 aromatic rings. The van der Waals surface area contributed by atoms with Crippen molar-refractivity contribution in [3.63, 3.8) is 0 Å². The lowest BCUT2D eigenvalue weighted by molar-refractivity contribution is -0.141. The minimum Gasteiger partial charge on any atom is -0.480 e. The third-order valence-corrected chi connectivity index (χ3v) is 6.48. The van der Waals surface area contributed by atoms with Gasteiger partial charge in [0.05, 0.1) is 18.8 Å². The Bertz CT molecular complexity index is 1680. The maximum atomic E-state index is 13.4. The predicted molar refractivity (Wildman–Crippen MR) is 157 cm³/mol. The molecule has 2 N–H and O–H groups in total. The van der Waals surface area contributed by atoms with Crippen LogP contribution in [0.25, 0.3) is 22.8 Å². The van der Waals surface area contributed by atoms with Crippen LogP contribution < -0.4 is 10.1 Å². The lowest BCUT2D eigenvalue weighted by Crippen LogP contribution is -2.44. The van der Waals surface area contributed by atoms with Crippen LogP contribution in [0.1, 0.15) is 16.1 Å². The Morgan fingerprint density at radius 3 is 2.19 bits per heavy atom. The van der Waals surface area contributed by atoms with Gasteiger partial charge in [0.15, 0.2) is 17.5 Å². The molecule has 3 aromatic carbocycles. The third-order valence-electron chi connectivity index (χ3n) is 5.98. The summed E-state index contributed by atoms with van der Waals surface area (Å²) in [6.45, 7) is -0.0992. The SMILES string of the molecule is O=C(N[C@@H](COCc1ccccc1)C(=O)O)c1nc(-c2ccc(Oc3ccccc3)cc2)oc1-c1ccc(Cl)nc1Cl. The molecule has 0 radical (unpaired) electrons. The van der Waals surface area contributed by atoms with Crippen molar-refractivity contribution >= 4 is 35.1 Å². The molecule has 1 atom stereocenters. The minimum atomic E-state index is -1.36. The molecule has 212 valence electrons. The average molecular weight is 604 g/mol. The standard InChI is InChI=1S/C31H23Cl2N3O6/c32-25-16-15-23(28(33)35-25)27-26(29(37)34-24(31(38)39)18-40-17-19-7-3-1-4-8-19)36-30(42-27)20-11-13-22(14-12-20)41-21-9-5-2-6-10-21/h1-16,24H,17-18H2,(H,34,37)(H,38,39)/t24-/m0/s1. The van der Waals surface area contributed by atoms with Crippen molar-refractivity contribution in [2.75, 3.05) is 6.61 Å². The molecule has 0 saturated carbocycles. The Morgan fingerprint density at radius 2 is 1.52 bits per heavy atom. The molecule has 5 rings (SSSR count). The number of amides is 1. The number of pyridine rings is 1. The fourth-order valence-corrected chi connectivity index (χ4v) is 4.35. The normalized spacial score (nSPS) is 11.6. The molecule has 0 aliphatic heterocycles. The van der Waals surface area contributed by atoms with Crippen LogP contribution in [0.3, 0.4) is 0 Å². The highest BCUT2D eigenvalue weighted by molar-refractivity contribution is 6.34. The molecule has 0 saturated heterocycles. The Labute approximate surface area is 250 Å². The summed E-state index contributed by atoms with van der Waals surface area (Å²) in [6, 6.07) is 27.1. The van der Waals surface area contributed by atoms with Crippen molar-refractivity contribution in [3.05, 3.63) is 119 Å². The molecule has 11 heteroatoms. The minimum absolute atomic E-state index is 0.00405. The number of halogens is 2. The fourth-order valence-electron chi connectivity index (χ4n) is 3.92. The second-order valence-electron chi connectivity index (χ2n) is 8.97. The number of ether oxygens (including phenoxy) is 2. The Morgan fingerprint density at radius 1 is 0.857 bits per heavy atom. The molecule has 0 spiro atoms. The molecular weight excluding hydrogens is 581 g/mol. The molecule has 0 bridgehead atoms. The first-order valence-electron chi connectivity index (χ1n) is 12.7. The predicted octanol–water partition coefficient (Wildman–Crippen LogP) is 6.90. The first-order valence-corrected chi connectivity index (χ1v) is 13.4. The van der Waals surface area contributed by atoms with Gasteiger partial charge in [0, 0.05) is 5.56 Å². The summed E-state index contributed by atoms with van der Waals surface area (Å²) in [5.74, 6) is -0.726. The number of carbonyl (C=O) groups is 2. The zero-order valence-electron chi connectivity index (χ0n) is 21.9. The summed E-state index contributed by atoms with van der Waals surface area (Å²) >= 11 is 12.3.